The number of rotatable bonds is 10. The van der Waals surface area contributed by atoms with Crippen LogP contribution in [0.1, 0.15) is 209 Å². The molecule has 0 bridgehead atoms. The lowest BCUT2D eigenvalue weighted by molar-refractivity contribution is -0.143. The number of hydrogen-bond acceptors (Lipinski definition) is 10. The highest BCUT2D eigenvalue weighted by Gasteiger charge is 2.39. The second-order valence-electron chi connectivity index (χ2n) is 22.9. The third-order valence-corrected chi connectivity index (χ3v) is 12.9. The fourth-order valence-electron chi connectivity index (χ4n) is 8.04. The van der Waals surface area contributed by atoms with Crippen molar-refractivity contribution >= 4 is 32.5 Å². The SMILES string of the molecule is CC(C)n1cc(Br)c(C#N)n1.CC(C)n1cc(C#CC(C)(C)C)c(C(F)(F)F)n1.CC(C)n1cc(C#N)c(C(F)(F)F)n1.CC(F)c1nc2ccccc2n1C(C)C.COCc1cn(C(C)C)nc1C(F)(F)F.COc1nc2c(cc1C)CC=C2C(C)C. The summed E-state index contributed by atoms with van der Waals surface area (Å²) in [6.45, 7) is 32.0. The fourth-order valence-corrected chi connectivity index (χ4v) is 8.42. The molecule has 8 rings (SSSR count). The number of aryl methyl sites for hydroxylation is 1. The Hall–Kier alpha value is -7.50. The molecule has 0 fully saturated rings. The molecule has 1 aliphatic rings. The Morgan fingerprint density at radius 3 is 1.53 bits per heavy atom. The smallest absolute Gasteiger partial charge is 0.436 e. The molecule has 6 heterocycles. The molecule has 1 aromatic carbocycles. The Kier molecular flexibility index (Phi) is 26.8. The summed E-state index contributed by atoms with van der Waals surface area (Å²) < 4.78 is 144. The standard InChI is InChI=1S/C13H17F3N2.C13H17NO.C12H15FN2.C9H13F3N2O.C8H8F3N3.C7H8BrN3/c1-9(2)18-8-10(6-7-12(3,4)5)11(17-18)13(14,15)16;1-8(2)11-6-5-10-7-9(3)13(15-4)14-12(10)11;1-8(2)15-11-7-5-4-6-10(11)14-12(15)9(3)13;1-6(2)14-4-7(5-15-3)8(13-14)9(10,11)12;1-5(2)14-4-6(3-12)7(13-14)8(9,10)11;1-5(2)11-4-6(8)7(3-9)10-11/h8-9H,1-5H3;6-8H,5H2,1-4H3;4-9H,1-3H3;4,6H,5H2,1-3H3;4-5H,1-2H3;4-5H,1-2H3. The maximum atomic E-state index is 13.4. The molecule has 6 aromatic heterocycles. The van der Waals surface area contributed by atoms with E-state index < -0.39 is 47.3 Å². The second-order valence-corrected chi connectivity index (χ2v) is 23.8. The van der Waals surface area contributed by atoms with E-state index in [-0.39, 0.29) is 47.3 Å². The minimum atomic E-state index is -4.56. The highest BCUT2D eigenvalue weighted by molar-refractivity contribution is 9.10. The number of aromatic nitrogens is 11. The van der Waals surface area contributed by atoms with Gasteiger partial charge >= 0.3 is 18.5 Å². The molecule has 1 aliphatic carbocycles. The van der Waals surface area contributed by atoms with E-state index in [1.807, 2.05) is 96.5 Å². The van der Waals surface area contributed by atoms with E-state index in [9.17, 15) is 43.9 Å². The Bertz CT molecular complexity index is 3580. The summed E-state index contributed by atoms with van der Waals surface area (Å²) in [5.41, 5.74) is 3.58. The number of nitriles is 2. The lowest BCUT2D eigenvalue weighted by atomic mass is 9.97. The van der Waals surface area contributed by atoms with Crippen LogP contribution < -0.4 is 4.74 Å². The zero-order valence-corrected chi connectivity index (χ0v) is 54.6. The zero-order chi connectivity index (χ0) is 67.1. The van der Waals surface area contributed by atoms with Crippen molar-refractivity contribution in [3.63, 3.8) is 0 Å². The first-order valence-corrected chi connectivity index (χ1v) is 28.8. The number of fused-ring (bicyclic) bond motifs is 2. The number of ether oxygens (including phenoxy) is 2. The normalized spacial score (nSPS) is 12.5. The van der Waals surface area contributed by atoms with Gasteiger partial charge in [-0.15, -0.1) is 0 Å². The van der Waals surface area contributed by atoms with Gasteiger partial charge in [-0.25, -0.2) is 14.4 Å². The number of pyridine rings is 1. The molecule has 15 nitrogen and oxygen atoms in total. The van der Waals surface area contributed by atoms with E-state index >= 15 is 0 Å². The fraction of sp³-hybridized carbons (Fsp3) is 0.516. The van der Waals surface area contributed by atoms with Crippen LogP contribution in [0.15, 0.2) is 65.7 Å². The van der Waals surface area contributed by atoms with Gasteiger partial charge in [-0.2, -0.15) is 70.4 Å². The van der Waals surface area contributed by atoms with Gasteiger partial charge in [0, 0.05) is 78.6 Å². The van der Waals surface area contributed by atoms with E-state index in [1.54, 1.807) is 53.3 Å². The molecule has 7 aromatic rings. The van der Waals surface area contributed by atoms with E-state index in [0.717, 1.165) is 49.9 Å². The molecule has 0 radical (unpaired) electrons. The summed E-state index contributed by atoms with van der Waals surface area (Å²) in [7, 11) is 3.03. The Morgan fingerprint density at radius 2 is 1.12 bits per heavy atom. The first kappa shape index (κ1) is 74.8. The lowest BCUT2D eigenvalue weighted by Crippen LogP contribution is -2.10. The van der Waals surface area contributed by atoms with Crippen LogP contribution in [-0.2, 0) is 36.3 Å². The number of hydrogen-bond donors (Lipinski definition) is 0. The van der Waals surface area contributed by atoms with Crippen LogP contribution in [0.5, 0.6) is 5.88 Å². The Morgan fingerprint density at radius 1 is 0.636 bits per heavy atom. The highest BCUT2D eigenvalue weighted by Crippen LogP contribution is 2.36. The van der Waals surface area contributed by atoms with Crippen LogP contribution in [-0.4, -0.2) is 67.9 Å². The Labute approximate surface area is 516 Å². The van der Waals surface area contributed by atoms with E-state index in [4.69, 9.17) is 20.0 Å². The van der Waals surface area contributed by atoms with E-state index in [0.29, 0.717) is 23.5 Å². The van der Waals surface area contributed by atoms with Gasteiger partial charge in [0.25, 0.3) is 0 Å². The number of nitrogens with zero attached hydrogens (tertiary/aromatic N) is 13. The number of halogens is 11. The predicted molar refractivity (Wildman–Crippen MR) is 321 cm³/mol. The number of alkyl halides is 10. The lowest BCUT2D eigenvalue weighted by Gasteiger charge is -2.13. The molecular formula is C62H78BrF10N13O2. The molecule has 0 amide bonds. The molecule has 88 heavy (non-hydrogen) atoms. The van der Waals surface area contributed by atoms with Gasteiger partial charge in [0.05, 0.1) is 40.5 Å². The average Bonchev–Trinajstić information content (AvgIpc) is 1.78. The van der Waals surface area contributed by atoms with Gasteiger partial charge < -0.3 is 14.0 Å². The van der Waals surface area contributed by atoms with Gasteiger partial charge in [0.1, 0.15) is 23.5 Å². The molecule has 1 atom stereocenters. The van der Waals surface area contributed by atoms with Crippen molar-refractivity contribution in [3.8, 4) is 29.9 Å². The quantitative estimate of drug-likeness (QED) is 0.0949. The molecule has 0 saturated carbocycles. The first-order valence-electron chi connectivity index (χ1n) is 28.0. The molecule has 0 saturated heterocycles. The monoisotopic (exact) mass is 1310 g/mol. The highest BCUT2D eigenvalue weighted by atomic mass is 79.9. The van der Waals surface area contributed by atoms with Crippen molar-refractivity contribution in [2.45, 2.75) is 186 Å². The third kappa shape index (κ3) is 21.1. The van der Waals surface area contributed by atoms with Crippen molar-refractivity contribution in [2.75, 3.05) is 14.2 Å². The second kappa shape index (κ2) is 31.6. The van der Waals surface area contributed by atoms with E-state index in [1.165, 1.54) is 53.0 Å². The van der Waals surface area contributed by atoms with Crippen LogP contribution in [0, 0.1) is 52.8 Å². The third-order valence-electron chi connectivity index (χ3n) is 12.4. The van der Waals surface area contributed by atoms with Gasteiger partial charge in [-0.1, -0.05) is 43.9 Å². The number of imidazole rings is 1. The average molecular weight is 1310 g/mol. The molecular weight excluding hydrogens is 1230 g/mol. The molecule has 0 aliphatic heterocycles. The molecule has 26 heteroatoms. The Balaban J connectivity index is 0.000000277. The summed E-state index contributed by atoms with van der Waals surface area (Å²) in [4.78, 5) is 8.90. The number of methoxy groups -OCH3 is 2. The summed E-state index contributed by atoms with van der Waals surface area (Å²) in [6, 6.07) is 13.5. The maximum Gasteiger partial charge on any atom is 0.436 e. The molecule has 0 N–H and O–H groups in total. The molecule has 480 valence electrons. The van der Waals surface area contributed by atoms with Crippen molar-refractivity contribution in [1.82, 2.24) is 53.7 Å². The summed E-state index contributed by atoms with van der Waals surface area (Å²) in [5, 5.41) is 31.5. The van der Waals surface area contributed by atoms with Crippen LogP contribution in [0.25, 0.3) is 16.6 Å². The number of para-hydroxylation sites is 2. The minimum absolute atomic E-state index is 0.0638. The van der Waals surface area contributed by atoms with Crippen molar-refractivity contribution in [2.24, 2.45) is 11.3 Å². The summed E-state index contributed by atoms with van der Waals surface area (Å²) in [6.07, 6.45) is -5.55. The topological polar surface area (TPSA) is 168 Å². The van der Waals surface area contributed by atoms with Crippen molar-refractivity contribution < 1.29 is 53.4 Å². The van der Waals surface area contributed by atoms with Gasteiger partial charge in [0.15, 0.2) is 28.9 Å². The van der Waals surface area contributed by atoms with E-state index in [2.05, 4.69) is 84.1 Å². The number of allylic oxidation sites excluding steroid dienone is 2. The van der Waals surface area contributed by atoms with Crippen LogP contribution >= 0.6 is 15.9 Å². The van der Waals surface area contributed by atoms with Crippen molar-refractivity contribution in [1.29, 1.82) is 10.5 Å². The zero-order valence-electron chi connectivity index (χ0n) is 53.0. The molecule has 1 unspecified atom stereocenters. The molecule has 0 spiro atoms. The maximum absolute atomic E-state index is 13.4. The minimum Gasteiger partial charge on any atom is -0.481 e. The van der Waals surface area contributed by atoms with Crippen LogP contribution in [0.4, 0.5) is 43.9 Å². The van der Waals surface area contributed by atoms with Gasteiger partial charge in [0.2, 0.25) is 5.88 Å². The largest absolute Gasteiger partial charge is 0.481 e. The number of benzene rings is 1. The van der Waals surface area contributed by atoms with Crippen molar-refractivity contribution in [3.05, 3.63) is 128 Å². The van der Waals surface area contributed by atoms with Crippen LogP contribution in [0.2, 0.25) is 0 Å². The predicted octanol–water partition coefficient (Wildman–Crippen LogP) is 17.6. The van der Waals surface area contributed by atoms with Gasteiger partial charge in [-0.3, -0.25) is 18.7 Å². The first-order chi connectivity index (χ1) is 40.6. The summed E-state index contributed by atoms with van der Waals surface area (Å²) in [5.74, 6) is 7.19. The van der Waals surface area contributed by atoms with Gasteiger partial charge in [-0.05, 0) is 161 Å². The van der Waals surface area contributed by atoms with Crippen LogP contribution in [0.3, 0.4) is 0 Å². The summed E-state index contributed by atoms with van der Waals surface area (Å²) >= 11 is 3.24.